The summed E-state index contributed by atoms with van der Waals surface area (Å²) in [5, 5.41) is 3.58. The zero-order chi connectivity index (χ0) is 15.9. The zero-order valence-electron chi connectivity index (χ0n) is 13.4. The van der Waals surface area contributed by atoms with Crippen molar-refractivity contribution in [3.8, 4) is 0 Å². The minimum atomic E-state index is 0.0341. The molecule has 22 heavy (non-hydrogen) atoms. The van der Waals surface area contributed by atoms with Crippen LogP contribution in [0.25, 0.3) is 0 Å². The lowest BCUT2D eigenvalue weighted by Gasteiger charge is -2.31. The number of anilines is 1. The van der Waals surface area contributed by atoms with Crippen molar-refractivity contribution in [3.63, 3.8) is 0 Å². The Kier molecular flexibility index (Phi) is 6.68. The Morgan fingerprint density at radius 2 is 2.14 bits per heavy atom. The highest BCUT2D eigenvalue weighted by Gasteiger charge is 2.19. The van der Waals surface area contributed by atoms with E-state index in [-0.39, 0.29) is 5.91 Å². The first-order chi connectivity index (χ1) is 10.6. The summed E-state index contributed by atoms with van der Waals surface area (Å²) < 4.78 is 5.64. The first-order valence-electron chi connectivity index (χ1n) is 7.98. The number of nitrogens with zero attached hydrogens (tertiary/aromatic N) is 1. The molecule has 5 heteroatoms. The predicted octanol–water partition coefficient (Wildman–Crippen LogP) is 3.48. The molecule has 2 rings (SSSR count). The van der Waals surface area contributed by atoms with E-state index in [2.05, 4.69) is 10.2 Å². The van der Waals surface area contributed by atoms with Gasteiger partial charge in [0.05, 0.1) is 6.10 Å². The van der Waals surface area contributed by atoms with Crippen LogP contribution in [0.1, 0.15) is 31.7 Å². The van der Waals surface area contributed by atoms with Gasteiger partial charge in [-0.05, 0) is 44.4 Å². The van der Waals surface area contributed by atoms with Crippen molar-refractivity contribution in [2.45, 2.75) is 39.2 Å². The van der Waals surface area contributed by atoms with Gasteiger partial charge in [-0.25, -0.2) is 0 Å². The predicted molar refractivity (Wildman–Crippen MR) is 90.5 cm³/mol. The number of rotatable bonds is 6. The van der Waals surface area contributed by atoms with Crippen molar-refractivity contribution in [1.29, 1.82) is 0 Å². The Balaban J connectivity index is 1.71. The van der Waals surface area contributed by atoms with Crippen LogP contribution in [-0.2, 0) is 9.53 Å². The number of hydrogen-bond donors (Lipinski definition) is 1. The number of carbonyl (C=O) groups excluding carboxylic acids is 1. The van der Waals surface area contributed by atoms with Gasteiger partial charge in [0.15, 0.2) is 0 Å². The van der Waals surface area contributed by atoms with Crippen molar-refractivity contribution in [2.75, 3.05) is 31.6 Å². The molecule has 1 aromatic carbocycles. The third-order valence-corrected chi connectivity index (χ3v) is 4.45. The molecule has 0 unspecified atom stereocenters. The summed E-state index contributed by atoms with van der Waals surface area (Å²) in [7, 11) is 0. The quantitative estimate of drug-likeness (QED) is 0.871. The van der Waals surface area contributed by atoms with E-state index in [1.165, 1.54) is 0 Å². The van der Waals surface area contributed by atoms with Gasteiger partial charge in [-0.1, -0.05) is 17.7 Å². The standard InChI is InChI=1S/C17H25ClN2O2/c1-3-22-15-6-9-20(10-7-15)11-8-17(21)19-14-5-4-13(2)16(18)12-14/h4-5,12,15H,3,6-11H2,1-2H3,(H,19,21). The molecule has 1 saturated heterocycles. The van der Waals surface area contributed by atoms with Crippen molar-refractivity contribution < 1.29 is 9.53 Å². The van der Waals surface area contributed by atoms with E-state index in [1.807, 2.05) is 26.0 Å². The Hall–Kier alpha value is -1.10. The number of halogens is 1. The Labute approximate surface area is 137 Å². The van der Waals surface area contributed by atoms with E-state index in [4.69, 9.17) is 16.3 Å². The average molecular weight is 325 g/mol. The molecule has 0 saturated carbocycles. The van der Waals surface area contributed by atoms with Crippen molar-refractivity contribution >= 4 is 23.2 Å². The normalized spacial score (nSPS) is 16.7. The topological polar surface area (TPSA) is 41.6 Å². The van der Waals surface area contributed by atoms with Gasteiger partial charge in [-0.2, -0.15) is 0 Å². The van der Waals surface area contributed by atoms with E-state index < -0.39 is 0 Å². The molecule has 0 bridgehead atoms. The third kappa shape index (κ3) is 5.27. The second-order valence-corrected chi connectivity index (χ2v) is 6.17. The van der Waals surface area contributed by atoms with E-state index in [0.29, 0.717) is 17.5 Å². The molecule has 1 heterocycles. The molecule has 1 N–H and O–H groups in total. The van der Waals surface area contributed by atoms with Gasteiger partial charge in [0, 0.05) is 43.4 Å². The summed E-state index contributed by atoms with van der Waals surface area (Å²) in [5.41, 5.74) is 1.77. The maximum absolute atomic E-state index is 12.0. The molecule has 1 aliphatic rings. The molecule has 1 fully saturated rings. The molecule has 122 valence electrons. The number of hydrogen-bond acceptors (Lipinski definition) is 3. The number of carbonyl (C=O) groups is 1. The molecule has 4 nitrogen and oxygen atoms in total. The first kappa shape index (κ1) is 17.3. The Morgan fingerprint density at radius 3 is 2.77 bits per heavy atom. The third-order valence-electron chi connectivity index (χ3n) is 4.05. The highest BCUT2D eigenvalue weighted by atomic mass is 35.5. The largest absolute Gasteiger partial charge is 0.378 e. The van der Waals surface area contributed by atoms with E-state index in [9.17, 15) is 4.79 Å². The van der Waals surface area contributed by atoms with Gasteiger partial charge in [0.1, 0.15) is 0 Å². The van der Waals surface area contributed by atoms with Crippen LogP contribution in [0.2, 0.25) is 5.02 Å². The average Bonchev–Trinajstić information content (AvgIpc) is 2.51. The van der Waals surface area contributed by atoms with Crippen LogP contribution in [0.15, 0.2) is 18.2 Å². The van der Waals surface area contributed by atoms with Crippen LogP contribution < -0.4 is 5.32 Å². The number of aryl methyl sites for hydroxylation is 1. The molecule has 0 aliphatic carbocycles. The maximum Gasteiger partial charge on any atom is 0.225 e. The molecular weight excluding hydrogens is 300 g/mol. The SMILES string of the molecule is CCOC1CCN(CCC(=O)Nc2ccc(C)c(Cl)c2)CC1. The van der Waals surface area contributed by atoms with Crippen LogP contribution >= 0.6 is 11.6 Å². The number of piperidine rings is 1. The summed E-state index contributed by atoms with van der Waals surface area (Å²) in [4.78, 5) is 14.3. The maximum atomic E-state index is 12.0. The number of amides is 1. The highest BCUT2D eigenvalue weighted by Crippen LogP contribution is 2.20. The number of nitrogens with one attached hydrogen (secondary N) is 1. The minimum Gasteiger partial charge on any atom is -0.378 e. The highest BCUT2D eigenvalue weighted by molar-refractivity contribution is 6.31. The molecule has 0 atom stereocenters. The van der Waals surface area contributed by atoms with Crippen molar-refractivity contribution in [1.82, 2.24) is 4.90 Å². The first-order valence-corrected chi connectivity index (χ1v) is 8.36. The van der Waals surface area contributed by atoms with Crippen LogP contribution in [0.3, 0.4) is 0 Å². The fourth-order valence-corrected chi connectivity index (χ4v) is 2.87. The minimum absolute atomic E-state index is 0.0341. The van der Waals surface area contributed by atoms with Gasteiger partial charge in [-0.3, -0.25) is 4.79 Å². The van der Waals surface area contributed by atoms with Gasteiger partial charge < -0.3 is 15.0 Å². The number of benzene rings is 1. The van der Waals surface area contributed by atoms with E-state index in [1.54, 1.807) is 6.07 Å². The van der Waals surface area contributed by atoms with Crippen LogP contribution in [0.4, 0.5) is 5.69 Å². The molecule has 1 aromatic rings. The van der Waals surface area contributed by atoms with Crippen molar-refractivity contribution in [3.05, 3.63) is 28.8 Å². The zero-order valence-corrected chi connectivity index (χ0v) is 14.2. The summed E-state index contributed by atoms with van der Waals surface area (Å²) in [6.45, 7) is 7.58. The lowest BCUT2D eigenvalue weighted by Crippen LogP contribution is -2.38. The summed E-state index contributed by atoms with van der Waals surface area (Å²) in [6.07, 6.45) is 3.02. The second-order valence-electron chi connectivity index (χ2n) is 5.76. The molecule has 1 amide bonds. The van der Waals surface area contributed by atoms with Gasteiger partial charge >= 0.3 is 0 Å². The number of likely N-dealkylation sites (tertiary alicyclic amines) is 1. The second kappa shape index (κ2) is 8.51. The van der Waals surface area contributed by atoms with Gasteiger partial charge in [-0.15, -0.1) is 0 Å². The van der Waals surface area contributed by atoms with E-state index in [0.717, 1.165) is 50.3 Å². The fourth-order valence-electron chi connectivity index (χ4n) is 2.69. The van der Waals surface area contributed by atoms with Gasteiger partial charge in [0.25, 0.3) is 0 Å². The van der Waals surface area contributed by atoms with Crippen LogP contribution in [-0.4, -0.2) is 43.2 Å². The van der Waals surface area contributed by atoms with Crippen LogP contribution in [0, 0.1) is 6.92 Å². The Bertz CT molecular complexity index is 499. The lowest BCUT2D eigenvalue weighted by atomic mass is 10.1. The molecular formula is C17H25ClN2O2. The molecule has 0 radical (unpaired) electrons. The van der Waals surface area contributed by atoms with Crippen LogP contribution in [0.5, 0.6) is 0 Å². The Morgan fingerprint density at radius 1 is 1.41 bits per heavy atom. The van der Waals surface area contributed by atoms with E-state index >= 15 is 0 Å². The summed E-state index contributed by atoms with van der Waals surface area (Å²) in [5.74, 6) is 0.0341. The van der Waals surface area contributed by atoms with Crippen molar-refractivity contribution in [2.24, 2.45) is 0 Å². The molecule has 0 spiro atoms. The monoisotopic (exact) mass is 324 g/mol. The molecule has 0 aromatic heterocycles. The molecule has 1 aliphatic heterocycles. The smallest absolute Gasteiger partial charge is 0.225 e. The summed E-state index contributed by atoms with van der Waals surface area (Å²) >= 11 is 6.06. The van der Waals surface area contributed by atoms with Gasteiger partial charge in [0.2, 0.25) is 5.91 Å². The fraction of sp³-hybridized carbons (Fsp3) is 0.588. The number of ether oxygens (including phenoxy) is 1. The lowest BCUT2D eigenvalue weighted by molar-refractivity contribution is -0.116. The summed E-state index contributed by atoms with van der Waals surface area (Å²) in [6, 6.07) is 5.59.